The highest BCUT2D eigenvalue weighted by Crippen LogP contribution is 2.27. The van der Waals surface area contributed by atoms with Gasteiger partial charge in [0.15, 0.2) is 0 Å². The number of hydrogen-bond acceptors (Lipinski definition) is 3. The lowest BCUT2D eigenvalue weighted by Crippen LogP contribution is -1.91. The molecule has 2 aromatic carbocycles. The van der Waals surface area contributed by atoms with Crippen molar-refractivity contribution in [2.45, 2.75) is 24.6 Å². The van der Waals surface area contributed by atoms with Crippen LogP contribution in [0.3, 0.4) is 0 Å². The number of thioether (sulfide) groups is 1. The molecule has 2 nitrogen and oxygen atoms in total. The van der Waals surface area contributed by atoms with Crippen LogP contribution in [0.2, 0.25) is 10.0 Å². The third-order valence-corrected chi connectivity index (χ3v) is 5.54. The Balaban J connectivity index is 1.70. The molecule has 0 bridgehead atoms. The highest BCUT2D eigenvalue weighted by molar-refractivity contribution is 7.98. The fraction of sp³-hybridized carbons (Fsp3) is 0.158. The van der Waals surface area contributed by atoms with Crippen molar-refractivity contribution in [3.63, 3.8) is 0 Å². The second-order valence-electron chi connectivity index (χ2n) is 5.59. The Bertz CT molecular complexity index is 864. The first-order valence-corrected chi connectivity index (χ1v) is 9.25. The van der Waals surface area contributed by atoms with Crippen LogP contribution in [0.25, 0.3) is 11.3 Å². The van der Waals surface area contributed by atoms with Gasteiger partial charge in [0.05, 0.1) is 15.7 Å². The standard InChI is InChI=1S/C19H16Cl2N2S/c1-12-3-5-15(9-13(12)2)18-7-8-19(23-22-18)24-11-14-4-6-16(20)17(21)10-14/h3-10H,11H2,1-2H3. The predicted octanol–water partition coefficient (Wildman–Crippen LogP) is 6.36. The van der Waals surface area contributed by atoms with Gasteiger partial charge in [0.1, 0.15) is 5.03 Å². The van der Waals surface area contributed by atoms with Crippen LogP contribution in [-0.4, -0.2) is 10.2 Å². The second kappa shape index (κ2) is 7.56. The van der Waals surface area contributed by atoms with E-state index in [-0.39, 0.29) is 0 Å². The van der Waals surface area contributed by atoms with Gasteiger partial charge in [-0.1, -0.05) is 53.2 Å². The zero-order valence-electron chi connectivity index (χ0n) is 13.4. The van der Waals surface area contributed by atoms with E-state index in [1.807, 2.05) is 30.3 Å². The minimum Gasteiger partial charge on any atom is -0.149 e. The summed E-state index contributed by atoms with van der Waals surface area (Å²) in [4.78, 5) is 0. The monoisotopic (exact) mass is 374 g/mol. The highest BCUT2D eigenvalue weighted by Gasteiger charge is 2.05. The molecule has 0 aliphatic rings. The van der Waals surface area contributed by atoms with E-state index in [0.29, 0.717) is 10.0 Å². The lowest BCUT2D eigenvalue weighted by atomic mass is 10.0. The summed E-state index contributed by atoms with van der Waals surface area (Å²) >= 11 is 13.6. The van der Waals surface area contributed by atoms with E-state index in [1.54, 1.807) is 11.8 Å². The molecule has 0 radical (unpaired) electrons. The van der Waals surface area contributed by atoms with Crippen LogP contribution < -0.4 is 0 Å². The predicted molar refractivity (Wildman–Crippen MR) is 103 cm³/mol. The van der Waals surface area contributed by atoms with Crippen molar-refractivity contribution in [3.8, 4) is 11.3 Å². The van der Waals surface area contributed by atoms with Crippen LogP contribution >= 0.6 is 35.0 Å². The van der Waals surface area contributed by atoms with Gasteiger partial charge in [0.25, 0.3) is 0 Å². The van der Waals surface area contributed by atoms with Crippen LogP contribution in [-0.2, 0) is 5.75 Å². The average Bonchev–Trinajstić information content (AvgIpc) is 2.59. The van der Waals surface area contributed by atoms with Gasteiger partial charge >= 0.3 is 0 Å². The summed E-state index contributed by atoms with van der Waals surface area (Å²) in [5, 5.41) is 10.7. The first-order valence-electron chi connectivity index (χ1n) is 7.51. The molecule has 0 aliphatic carbocycles. The first-order chi connectivity index (χ1) is 11.5. The van der Waals surface area contributed by atoms with Crippen LogP contribution in [0.15, 0.2) is 53.6 Å². The topological polar surface area (TPSA) is 25.8 Å². The molecule has 0 saturated carbocycles. The van der Waals surface area contributed by atoms with E-state index in [1.165, 1.54) is 11.1 Å². The summed E-state index contributed by atoms with van der Waals surface area (Å²) in [5.41, 5.74) is 5.62. The van der Waals surface area contributed by atoms with Gasteiger partial charge in [0.2, 0.25) is 0 Å². The number of benzene rings is 2. The lowest BCUT2D eigenvalue weighted by molar-refractivity contribution is 0.935. The van der Waals surface area contributed by atoms with E-state index >= 15 is 0 Å². The van der Waals surface area contributed by atoms with Crippen LogP contribution in [0.1, 0.15) is 16.7 Å². The van der Waals surface area contributed by atoms with Crippen molar-refractivity contribution in [1.82, 2.24) is 10.2 Å². The third-order valence-electron chi connectivity index (χ3n) is 3.81. The van der Waals surface area contributed by atoms with Crippen LogP contribution in [0.5, 0.6) is 0 Å². The van der Waals surface area contributed by atoms with E-state index in [9.17, 15) is 0 Å². The van der Waals surface area contributed by atoms with Crippen molar-refractivity contribution in [3.05, 3.63) is 75.3 Å². The number of hydrogen-bond donors (Lipinski definition) is 0. The molecule has 0 saturated heterocycles. The molecule has 122 valence electrons. The van der Waals surface area contributed by atoms with Gasteiger partial charge in [-0.2, -0.15) is 0 Å². The molecular formula is C19H16Cl2N2S. The summed E-state index contributed by atoms with van der Waals surface area (Å²) in [6.07, 6.45) is 0. The molecule has 0 atom stereocenters. The fourth-order valence-electron chi connectivity index (χ4n) is 2.24. The number of rotatable bonds is 4. The van der Waals surface area contributed by atoms with Crippen LogP contribution in [0.4, 0.5) is 0 Å². The van der Waals surface area contributed by atoms with Gasteiger partial charge in [0, 0.05) is 11.3 Å². The maximum Gasteiger partial charge on any atom is 0.119 e. The normalized spacial score (nSPS) is 10.8. The quantitative estimate of drug-likeness (QED) is 0.496. The number of halogens is 2. The van der Waals surface area contributed by atoms with E-state index in [0.717, 1.165) is 27.6 Å². The largest absolute Gasteiger partial charge is 0.149 e. The second-order valence-corrected chi connectivity index (χ2v) is 7.40. The molecule has 1 heterocycles. The number of aryl methyl sites for hydroxylation is 2. The zero-order chi connectivity index (χ0) is 17.1. The summed E-state index contributed by atoms with van der Waals surface area (Å²) in [6.45, 7) is 4.21. The molecule has 3 rings (SSSR count). The summed E-state index contributed by atoms with van der Waals surface area (Å²) in [5.74, 6) is 0.772. The Morgan fingerprint density at radius 3 is 2.33 bits per heavy atom. The van der Waals surface area contributed by atoms with E-state index in [4.69, 9.17) is 23.2 Å². The Hall–Kier alpha value is -1.55. The Labute approximate surface area is 156 Å². The van der Waals surface area contributed by atoms with Crippen molar-refractivity contribution in [1.29, 1.82) is 0 Å². The smallest absolute Gasteiger partial charge is 0.119 e. The molecule has 0 N–H and O–H groups in total. The molecule has 3 aromatic rings. The number of aromatic nitrogens is 2. The van der Waals surface area contributed by atoms with E-state index < -0.39 is 0 Å². The SMILES string of the molecule is Cc1ccc(-c2ccc(SCc3ccc(Cl)c(Cl)c3)nn2)cc1C. The highest BCUT2D eigenvalue weighted by atomic mass is 35.5. The van der Waals surface area contributed by atoms with Crippen molar-refractivity contribution >= 4 is 35.0 Å². The Morgan fingerprint density at radius 1 is 0.833 bits per heavy atom. The Morgan fingerprint density at radius 2 is 1.67 bits per heavy atom. The van der Waals surface area contributed by atoms with Gasteiger partial charge in [-0.3, -0.25) is 0 Å². The van der Waals surface area contributed by atoms with Gasteiger partial charge in [-0.25, -0.2) is 0 Å². The Kier molecular flexibility index (Phi) is 5.44. The molecule has 0 fully saturated rings. The minimum absolute atomic E-state index is 0.572. The summed E-state index contributed by atoms with van der Waals surface area (Å²) in [6, 6.07) is 16.0. The molecule has 0 spiro atoms. The zero-order valence-corrected chi connectivity index (χ0v) is 15.7. The lowest BCUT2D eigenvalue weighted by Gasteiger charge is -2.06. The summed E-state index contributed by atoms with van der Waals surface area (Å²) < 4.78 is 0. The first kappa shape index (κ1) is 17.3. The molecule has 24 heavy (non-hydrogen) atoms. The van der Waals surface area contributed by atoms with Crippen molar-refractivity contribution in [2.24, 2.45) is 0 Å². The molecular weight excluding hydrogens is 359 g/mol. The third kappa shape index (κ3) is 4.10. The van der Waals surface area contributed by atoms with Crippen molar-refractivity contribution in [2.75, 3.05) is 0 Å². The maximum atomic E-state index is 6.04. The van der Waals surface area contributed by atoms with E-state index in [2.05, 4.69) is 42.2 Å². The molecule has 0 amide bonds. The number of nitrogens with zero attached hydrogens (tertiary/aromatic N) is 2. The maximum absolute atomic E-state index is 6.04. The summed E-state index contributed by atoms with van der Waals surface area (Å²) in [7, 11) is 0. The molecule has 1 aromatic heterocycles. The average molecular weight is 375 g/mol. The fourth-order valence-corrected chi connectivity index (χ4v) is 3.32. The molecule has 0 unspecified atom stereocenters. The molecule has 5 heteroatoms. The molecule has 0 aliphatic heterocycles. The van der Waals surface area contributed by atoms with Gasteiger partial charge in [-0.05, 0) is 60.9 Å². The van der Waals surface area contributed by atoms with Gasteiger partial charge < -0.3 is 0 Å². The van der Waals surface area contributed by atoms with Crippen LogP contribution in [0, 0.1) is 13.8 Å². The minimum atomic E-state index is 0.572. The van der Waals surface area contributed by atoms with Gasteiger partial charge in [-0.15, -0.1) is 10.2 Å². The van der Waals surface area contributed by atoms with Crippen molar-refractivity contribution < 1.29 is 0 Å².